The van der Waals surface area contributed by atoms with Crippen LogP contribution in [0.2, 0.25) is 0 Å². The van der Waals surface area contributed by atoms with Gasteiger partial charge in [-0.2, -0.15) is 12.6 Å². The van der Waals surface area contributed by atoms with Crippen molar-refractivity contribution in [1.29, 1.82) is 0 Å². The molecule has 3 rings (SSSR count). The van der Waals surface area contributed by atoms with Gasteiger partial charge in [-0.05, 0) is 82.7 Å². The number of fused-ring (bicyclic) bond motifs is 1. The summed E-state index contributed by atoms with van der Waals surface area (Å²) < 4.78 is 6.11. The zero-order valence-corrected chi connectivity index (χ0v) is 20.3. The Hall–Kier alpha value is -1.94. The van der Waals surface area contributed by atoms with E-state index in [4.69, 9.17) is 9.84 Å². The van der Waals surface area contributed by atoms with E-state index in [0.29, 0.717) is 17.6 Å². The van der Waals surface area contributed by atoms with Crippen LogP contribution < -0.4 is 4.74 Å². The minimum absolute atomic E-state index is 0.176. The van der Waals surface area contributed by atoms with Crippen LogP contribution in [0.1, 0.15) is 93.3 Å². The van der Waals surface area contributed by atoms with E-state index in [1.165, 1.54) is 29.5 Å². The lowest BCUT2D eigenvalue weighted by Crippen LogP contribution is -2.34. The van der Waals surface area contributed by atoms with Gasteiger partial charge in [0.2, 0.25) is 0 Å². The van der Waals surface area contributed by atoms with Crippen LogP contribution in [0.3, 0.4) is 0 Å². The zero-order valence-electron chi connectivity index (χ0n) is 19.4. The molecule has 2 unspecified atom stereocenters. The summed E-state index contributed by atoms with van der Waals surface area (Å²) >= 11 is 4.59. The number of hydrogen-bond donors (Lipinski definition) is 2. The molecule has 2 atom stereocenters. The lowest BCUT2D eigenvalue weighted by Gasteiger charge is -2.42. The Morgan fingerprint density at radius 2 is 1.61 bits per heavy atom. The van der Waals surface area contributed by atoms with E-state index in [2.05, 4.69) is 65.4 Å². The average molecular weight is 441 g/mol. The first kappa shape index (κ1) is 23.7. The van der Waals surface area contributed by atoms with Crippen molar-refractivity contribution < 1.29 is 14.6 Å². The molecule has 2 aromatic rings. The summed E-state index contributed by atoms with van der Waals surface area (Å²) in [4.78, 5) is 11.1. The molecule has 4 heteroatoms. The van der Waals surface area contributed by atoms with Crippen LogP contribution in [-0.2, 0) is 10.8 Å². The van der Waals surface area contributed by atoms with Gasteiger partial charge in [0, 0.05) is 5.92 Å². The molecule has 0 spiro atoms. The molecule has 3 nitrogen and oxygen atoms in total. The summed E-state index contributed by atoms with van der Waals surface area (Å²) in [6.45, 7) is 12.1. The molecule has 0 amide bonds. The van der Waals surface area contributed by atoms with Gasteiger partial charge in [0.15, 0.2) is 0 Å². The maximum atomic E-state index is 11.1. The first-order valence-electron chi connectivity index (χ1n) is 11.3. The Kier molecular flexibility index (Phi) is 7.10. The molecule has 0 radical (unpaired) electrons. The van der Waals surface area contributed by atoms with E-state index in [1.807, 2.05) is 0 Å². The topological polar surface area (TPSA) is 46.5 Å². The first-order valence-corrected chi connectivity index (χ1v) is 11.8. The number of aromatic carboxylic acids is 1. The first-order chi connectivity index (χ1) is 14.5. The average Bonchev–Trinajstić information content (AvgIpc) is 2.71. The largest absolute Gasteiger partial charge is 0.493 e. The van der Waals surface area contributed by atoms with Gasteiger partial charge in [0.25, 0.3) is 0 Å². The number of thiol groups is 1. The number of ether oxygens (including phenoxy) is 1. The highest BCUT2D eigenvalue weighted by Crippen LogP contribution is 2.46. The number of carbonyl (C=O) groups is 1. The summed E-state index contributed by atoms with van der Waals surface area (Å²) in [6.07, 6.45) is 4.42. The van der Waals surface area contributed by atoms with Gasteiger partial charge in [-0.1, -0.05) is 52.8 Å². The molecule has 31 heavy (non-hydrogen) atoms. The predicted octanol–water partition coefficient (Wildman–Crippen LogP) is 6.99. The lowest BCUT2D eigenvalue weighted by molar-refractivity contribution is 0.0697. The highest BCUT2D eigenvalue weighted by molar-refractivity contribution is 7.80. The zero-order chi connectivity index (χ0) is 22.8. The summed E-state index contributed by atoms with van der Waals surface area (Å²) in [5.74, 6) is 0.0417. The van der Waals surface area contributed by atoms with Crippen molar-refractivity contribution in [3.05, 3.63) is 64.7 Å². The second kappa shape index (κ2) is 9.28. The van der Waals surface area contributed by atoms with Crippen LogP contribution in [0.25, 0.3) is 0 Å². The van der Waals surface area contributed by atoms with Crippen molar-refractivity contribution in [3.63, 3.8) is 0 Å². The fraction of sp³-hybridized carbons (Fsp3) is 0.519. The van der Waals surface area contributed by atoms with Crippen LogP contribution in [0.15, 0.2) is 42.5 Å². The van der Waals surface area contributed by atoms with Gasteiger partial charge in [-0.3, -0.25) is 0 Å². The maximum absolute atomic E-state index is 11.1. The van der Waals surface area contributed by atoms with E-state index in [0.717, 1.165) is 12.8 Å². The Bertz CT molecular complexity index is 913. The van der Waals surface area contributed by atoms with E-state index >= 15 is 0 Å². The molecule has 0 aromatic heterocycles. The minimum atomic E-state index is -0.924. The van der Waals surface area contributed by atoms with Gasteiger partial charge >= 0.3 is 5.97 Å². The molecule has 1 aliphatic rings. The summed E-state index contributed by atoms with van der Waals surface area (Å²) in [5, 5.41) is 9.43. The van der Waals surface area contributed by atoms with Gasteiger partial charge in [0.1, 0.15) is 5.75 Å². The minimum Gasteiger partial charge on any atom is -0.493 e. The third-order valence-electron chi connectivity index (χ3n) is 6.83. The molecule has 0 aliphatic heterocycles. The van der Waals surface area contributed by atoms with E-state index in [1.54, 1.807) is 24.3 Å². The van der Waals surface area contributed by atoms with Gasteiger partial charge in [-0.15, -0.1) is 0 Å². The molecule has 0 saturated heterocycles. The summed E-state index contributed by atoms with van der Waals surface area (Å²) in [6, 6.07) is 13.7. The highest BCUT2D eigenvalue weighted by Gasteiger charge is 2.37. The van der Waals surface area contributed by atoms with Crippen molar-refractivity contribution >= 4 is 18.6 Å². The van der Waals surface area contributed by atoms with Crippen LogP contribution in [0, 0.1) is 0 Å². The molecule has 1 aliphatic carbocycles. The van der Waals surface area contributed by atoms with E-state index in [9.17, 15) is 4.79 Å². The molecule has 0 bridgehead atoms. The van der Waals surface area contributed by atoms with Crippen LogP contribution in [0.4, 0.5) is 0 Å². The third kappa shape index (κ3) is 5.65. The third-order valence-corrected chi connectivity index (χ3v) is 7.09. The van der Waals surface area contributed by atoms with Crippen molar-refractivity contribution in [3.8, 4) is 5.75 Å². The fourth-order valence-corrected chi connectivity index (χ4v) is 4.69. The molecule has 0 heterocycles. The lowest BCUT2D eigenvalue weighted by atomic mass is 9.62. The Morgan fingerprint density at radius 1 is 1.00 bits per heavy atom. The Labute approximate surface area is 192 Å². The summed E-state index contributed by atoms with van der Waals surface area (Å²) in [7, 11) is 0. The Morgan fingerprint density at radius 3 is 2.19 bits per heavy atom. The molecular formula is C27H36O3S. The SMILES string of the molecule is CC(S)CCC(COc1ccc(C(=O)O)cc1)c1ccc2c(c1)C(C)(C)CCC2(C)C. The standard InChI is InChI=1S/C27H36O3S/c1-18(31)6-7-21(17-30-22-11-8-19(9-12-22)25(28)29)20-10-13-23-24(16-20)27(4,5)15-14-26(23,2)3/h8-13,16,18,21,31H,6-7,14-15,17H2,1-5H3,(H,28,29). The number of benzene rings is 2. The van der Waals surface area contributed by atoms with Gasteiger partial charge < -0.3 is 9.84 Å². The van der Waals surface area contributed by atoms with Crippen molar-refractivity contribution in [2.75, 3.05) is 6.61 Å². The molecule has 168 valence electrons. The van der Waals surface area contributed by atoms with Crippen LogP contribution in [0.5, 0.6) is 5.75 Å². The highest BCUT2D eigenvalue weighted by atomic mass is 32.1. The molecular weight excluding hydrogens is 404 g/mol. The normalized spacial score (nSPS) is 18.6. The molecule has 1 N–H and O–H groups in total. The molecule has 0 fully saturated rings. The van der Waals surface area contributed by atoms with Crippen LogP contribution in [-0.4, -0.2) is 22.9 Å². The summed E-state index contributed by atoms with van der Waals surface area (Å²) in [5.41, 5.74) is 4.92. The fourth-order valence-electron chi connectivity index (χ4n) is 4.54. The Balaban J connectivity index is 1.85. The van der Waals surface area contributed by atoms with Crippen molar-refractivity contribution in [1.82, 2.24) is 0 Å². The number of rotatable bonds is 8. The maximum Gasteiger partial charge on any atom is 0.335 e. The van der Waals surface area contributed by atoms with E-state index in [-0.39, 0.29) is 22.3 Å². The van der Waals surface area contributed by atoms with Gasteiger partial charge in [-0.25, -0.2) is 4.79 Å². The van der Waals surface area contributed by atoms with Crippen molar-refractivity contribution in [2.24, 2.45) is 0 Å². The number of hydrogen-bond acceptors (Lipinski definition) is 3. The van der Waals surface area contributed by atoms with Gasteiger partial charge in [0.05, 0.1) is 12.2 Å². The molecule has 0 saturated carbocycles. The molecule has 2 aromatic carbocycles. The number of carboxylic acids is 1. The monoisotopic (exact) mass is 440 g/mol. The number of carboxylic acid groups (broad SMARTS) is 1. The second-order valence-electron chi connectivity index (χ2n) is 10.3. The quantitative estimate of drug-likeness (QED) is 0.435. The predicted molar refractivity (Wildman–Crippen MR) is 131 cm³/mol. The second-order valence-corrected chi connectivity index (χ2v) is 11.2. The van der Waals surface area contributed by atoms with Crippen molar-refractivity contribution in [2.45, 2.75) is 82.3 Å². The van der Waals surface area contributed by atoms with E-state index < -0.39 is 5.97 Å². The van der Waals surface area contributed by atoms with Crippen LogP contribution >= 0.6 is 12.6 Å². The smallest absolute Gasteiger partial charge is 0.335 e.